The van der Waals surface area contributed by atoms with Crippen LogP contribution >= 0.6 is 8.25 Å². The normalized spacial score (nSPS) is 10.9. The quantitative estimate of drug-likeness (QED) is 0.686. The van der Waals surface area contributed by atoms with Crippen molar-refractivity contribution in [3.63, 3.8) is 0 Å². The van der Waals surface area contributed by atoms with E-state index >= 15 is 0 Å². The minimum absolute atomic E-state index is 0.0972. The fraction of sp³-hybridized carbons (Fsp3) is 1.00. The van der Waals surface area contributed by atoms with E-state index in [1.54, 1.807) is 0 Å². The lowest BCUT2D eigenvalue weighted by Crippen LogP contribution is -2.09. The van der Waals surface area contributed by atoms with Crippen LogP contribution in [0.5, 0.6) is 0 Å². The van der Waals surface area contributed by atoms with Gasteiger partial charge in [-0.15, -0.1) is 0 Å². The molecule has 0 heterocycles. The molecule has 0 amide bonds. The van der Waals surface area contributed by atoms with E-state index in [4.69, 9.17) is 5.11 Å². The number of rotatable bonds is 2. The highest BCUT2D eigenvalue weighted by Gasteiger charge is 2.05. The van der Waals surface area contributed by atoms with Gasteiger partial charge in [-0.05, 0) is 5.41 Å². The molecular weight excluding hydrogens is 179 g/mol. The second-order valence-electron chi connectivity index (χ2n) is 3.38. The maximum Gasteiger partial charge on any atom is 0.318 e. The summed E-state index contributed by atoms with van der Waals surface area (Å²) >= 11 is 0. The number of hydrogen-bond acceptors (Lipinski definition) is 4. The van der Waals surface area contributed by atoms with Crippen LogP contribution < -0.4 is 0 Å². The van der Waals surface area contributed by atoms with Crippen molar-refractivity contribution in [1.82, 2.24) is 0 Å². The molecule has 0 aromatic heterocycles. The van der Waals surface area contributed by atoms with E-state index in [0.717, 1.165) is 0 Å². The van der Waals surface area contributed by atoms with Crippen LogP contribution in [0.15, 0.2) is 0 Å². The Morgan fingerprint density at radius 3 is 1.50 bits per heavy atom. The summed E-state index contributed by atoms with van der Waals surface area (Å²) in [4.78, 5) is 0. The molecule has 0 aromatic carbocycles. The van der Waals surface area contributed by atoms with E-state index < -0.39 is 8.25 Å². The lowest BCUT2D eigenvalue weighted by molar-refractivity contribution is 0.177. The molecule has 4 nitrogen and oxygen atoms in total. The first-order valence-electron chi connectivity index (χ1n) is 3.60. The summed E-state index contributed by atoms with van der Waals surface area (Å²) in [6, 6.07) is 0. The van der Waals surface area contributed by atoms with Crippen molar-refractivity contribution in [2.75, 3.05) is 20.8 Å². The van der Waals surface area contributed by atoms with Crippen LogP contribution in [0.1, 0.15) is 20.8 Å². The smallest absolute Gasteiger partial charge is 0.318 e. The van der Waals surface area contributed by atoms with Crippen molar-refractivity contribution in [2.45, 2.75) is 20.8 Å². The van der Waals surface area contributed by atoms with Crippen LogP contribution in [0.2, 0.25) is 0 Å². The highest BCUT2D eigenvalue weighted by atomic mass is 31.1. The molecule has 1 N–H and O–H groups in total. The first-order chi connectivity index (χ1) is 5.37. The molecule has 0 atom stereocenters. The number of aliphatic hydroxyl groups is 1. The van der Waals surface area contributed by atoms with Crippen molar-refractivity contribution in [3.05, 3.63) is 0 Å². The molecular formula is C7H19O4P. The second kappa shape index (κ2) is 7.74. The van der Waals surface area contributed by atoms with Gasteiger partial charge in [0.2, 0.25) is 0 Å². The highest BCUT2D eigenvalue weighted by Crippen LogP contribution is 2.18. The van der Waals surface area contributed by atoms with E-state index in [9.17, 15) is 4.57 Å². The third-order valence-corrected chi connectivity index (χ3v) is 1.47. The molecule has 0 aliphatic rings. The third kappa shape index (κ3) is 16.6. The molecule has 0 aromatic rings. The van der Waals surface area contributed by atoms with E-state index in [0.29, 0.717) is 0 Å². The van der Waals surface area contributed by atoms with E-state index in [-0.39, 0.29) is 12.0 Å². The molecule has 12 heavy (non-hydrogen) atoms. The Morgan fingerprint density at radius 2 is 1.50 bits per heavy atom. The SMILES string of the molecule is CC(C)(C)CO.CO[PH](=O)OC. The molecule has 0 fully saturated rings. The Balaban J connectivity index is 0. The minimum Gasteiger partial charge on any atom is -0.396 e. The van der Waals surface area contributed by atoms with Gasteiger partial charge in [-0.1, -0.05) is 20.8 Å². The van der Waals surface area contributed by atoms with Gasteiger partial charge >= 0.3 is 8.25 Å². The molecule has 76 valence electrons. The molecule has 0 aliphatic heterocycles. The molecule has 0 saturated heterocycles. The van der Waals surface area contributed by atoms with Gasteiger partial charge in [0.25, 0.3) is 0 Å². The van der Waals surface area contributed by atoms with Gasteiger partial charge in [0.1, 0.15) is 0 Å². The first kappa shape index (κ1) is 14.6. The van der Waals surface area contributed by atoms with Gasteiger partial charge in [-0.2, -0.15) is 0 Å². The van der Waals surface area contributed by atoms with Gasteiger partial charge in [0.15, 0.2) is 0 Å². The molecule has 0 unspecified atom stereocenters. The minimum atomic E-state index is -2.12. The third-order valence-electron chi connectivity index (χ3n) is 0.808. The van der Waals surface area contributed by atoms with Crippen LogP contribution in [0, 0.1) is 5.41 Å². The van der Waals surface area contributed by atoms with Gasteiger partial charge < -0.3 is 14.2 Å². The topological polar surface area (TPSA) is 55.8 Å². The fourth-order valence-corrected chi connectivity index (χ4v) is 0.250. The molecule has 0 bridgehead atoms. The Hall–Kier alpha value is 0.110. The Morgan fingerprint density at radius 1 is 1.25 bits per heavy atom. The van der Waals surface area contributed by atoms with Gasteiger partial charge in [0, 0.05) is 20.8 Å². The number of hydrogen-bond donors (Lipinski definition) is 1. The first-order valence-corrected chi connectivity index (χ1v) is 4.82. The molecule has 0 rings (SSSR count). The Kier molecular flexibility index (Phi) is 9.44. The van der Waals surface area contributed by atoms with Crippen LogP contribution in [0.4, 0.5) is 0 Å². The second-order valence-corrected chi connectivity index (χ2v) is 4.69. The average molecular weight is 198 g/mol. The Bertz CT molecular complexity index is 113. The van der Waals surface area contributed by atoms with Crippen LogP contribution in [0.25, 0.3) is 0 Å². The molecule has 0 aliphatic carbocycles. The highest BCUT2D eigenvalue weighted by molar-refractivity contribution is 7.33. The molecule has 5 heteroatoms. The molecule has 0 saturated carbocycles. The summed E-state index contributed by atoms with van der Waals surface area (Å²) < 4.78 is 18.4. The zero-order valence-corrected chi connectivity index (χ0v) is 9.38. The summed E-state index contributed by atoms with van der Waals surface area (Å²) in [6.07, 6.45) is 0. The predicted molar refractivity (Wildman–Crippen MR) is 49.6 cm³/mol. The lowest BCUT2D eigenvalue weighted by Gasteiger charge is -2.11. The van der Waals surface area contributed by atoms with E-state index in [1.165, 1.54) is 14.2 Å². The van der Waals surface area contributed by atoms with Gasteiger partial charge in [0.05, 0.1) is 0 Å². The van der Waals surface area contributed by atoms with Crippen LogP contribution in [0.3, 0.4) is 0 Å². The van der Waals surface area contributed by atoms with Crippen molar-refractivity contribution < 1.29 is 18.7 Å². The monoisotopic (exact) mass is 198 g/mol. The Labute approximate surface area is 74.8 Å². The number of aliphatic hydroxyl groups excluding tert-OH is 1. The predicted octanol–water partition coefficient (Wildman–Crippen LogP) is 1.69. The van der Waals surface area contributed by atoms with Crippen molar-refractivity contribution in [1.29, 1.82) is 0 Å². The van der Waals surface area contributed by atoms with Crippen LogP contribution in [-0.2, 0) is 13.6 Å². The maximum atomic E-state index is 9.92. The summed E-state index contributed by atoms with van der Waals surface area (Å²) in [5, 5.41) is 8.40. The van der Waals surface area contributed by atoms with Crippen molar-refractivity contribution >= 4 is 8.25 Å². The van der Waals surface area contributed by atoms with Gasteiger partial charge in [-0.25, -0.2) is 0 Å². The van der Waals surface area contributed by atoms with E-state index in [1.807, 2.05) is 20.8 Å². The fourth-order valence-electron chi connectivity index (χ4n) is 0.0833. The summed E-state index contributed by atoms with van der Waals surface area (Å²) in [5.41, 5.74) is 0.0972. The van der Waals surface area contributed by atoms with Crippen molar-refractivity contribution in [3.8, 4) is 0 Å². The zero-order chi connectivity index (χ0) is 10.2. The summed E-state index contributed by atoms with van der Waals surface area (Å²) in [6.45, 7) is 6.25. The standard InChI is InChI=1S/C5H12O.C2H7O3P/c1-5(2,3)4-6;1-4-6(3)5-2/h6H,4H2,1-3H3;6H,1-2H3. The van der Waals surface area contributed by atoms with Gasteiger partial charge in [-0.3, -0.25) is 4.57 Å². The van der Waals surface area contributed by atoms with E-state index in [2.05, 4.69) is 9.05 Å². The van der Waals surface area contributed by atoms with Crippen LogP contribution in [-0.4, -0.2) is 25.9 Å². The molecule has 0 spiro atoms. The largest absolute Gasteiger partial charge is 0.396 e. The summed E-state index contributed by atoms with van der Waals surface area (Å²) in [7, 11) is 0.558. The lowest BCUT2D eigenvalue weighted by atomic mass is 9.99. The maximum absolute atomic E-state index is 9.92. The summed E-state index contributed by atoms with van der Waals surface area (Å²) in [5.74, 6) is 0. The average Bonchev–Trinajstić information content (AvgIpc) is 2.03. The van der Waals surface area contributed by atoms with Crippen molar-refractivity contribution in [2.24, 2.45) is 5.41 Å². The molecule has 0 radical (unpaired) electrons. The zero-order valence-electron chi connectivity index (χ0n) is 8.38.